The summed E-state index contributed by atoms with van der Waals surface area (Å²) in [5, 5.41) is 0. The van der Waals surface area contributed by atoms with Crippen LogP contribution >= 0.6 is 12.4 Å². The van der Waals surface area contributed by atoms with Crippen LogP contribution in [0.5, 0.6) is 11.5 Å². The van der Waals surface area contributed by atoms with Crippen LogP contribution in [0.1, 0.15) is 42.7 Å². The summed E-state index contributed by atoms with van der Waals surface area (Å²) in [5.41, 5.74) is 0.251. The highest BCUT2D eigenvalue weighted by Gasteiger charge is 2.55. The van der Waals surface area contributed by atoms with Crippen molar-refractivity contribution in [2.24, 2.45) is 0 Å². The van der Waals surface area contributed by atoms with Gasteiger partial charge in [-0.2, -0.15) is 0 Å². The van der Waals surface area contributed by atoms with Crippen molar-refractivity contribution < 1.29 is 23.8 Å². The Kier molecular flexibility index (Phi) is 5.71. The molecule has 2 aromatic rings. The van der Waals surface area contributed by atoms with Crippen molar-refractivity contribution in [3.05, 3.63) is 59.7 Å². The molecule has 164 valence electrons. The van der Waals surface area contributed by atoms with Crippen LogP contribution in [0.2, 0.25) is 0 Å². The van der Waals surface area contributed by atoms with Gasteiger partial charge in [0.05, 0.1) is 7.11 Å². The van der Waals surface area contributed by atoms with E-state index in [1.54, 1.807) is 0 Å². The number of ether oxygens (including phenoxy) is 3. The van der Waals surface area contributed by atoms with E-state index in [4.69, 9.17) is 14.2 Å². The third kappa shape index (κ3) is 3.48. The molecule has 2 unspecified atom stereocenters. The van der Waals surface area contributed by atoms with Crippen molar-refractivity contribution in [2.75, 3.05) is 14.2 Å². The van der Waals surface area contributed by atoms with Crippen LogP contribution in [-0.2, 0) is 19.1 Å². The van der Waals surface area contributed by atoms with Crippen molar-refractivity contribution in [1.82, 2.24) is 4.90 Å². The molecule has 6 nitrogen and oxygen atoms in total. The number of carbonyl (C=O) groups excluding carboxylic acids is 2. The van der Waals surface area contributed by atoms with Crippen LogP contribution in [0, 0.1) is 0 Å². The second-order valence-corrected chi connectivity index (χ2v) is 8.48. The number of benzene rings is 2. The quantitative estimate of drug-likeness (QED) is 0.666. The molecular weight excluding hydrogens is 418 g/mol. The molecule has 0 N–H and O–H groups in total. The van der Waals surface area contributed by atoms with Gasteiger partial charge in [0.2, 0.25) is 5.60 Å². The lowest BCUT2D eigenvalue weighted by Gasteiger charge is -2.43. The molecule has 0 radical (unpaired) electrons. The molecule has 2 aromatic carbocycles. The van der Waals surface area contributed by atoms with Gasteiger partial charge in [-0.15, -0.1) is 12.4 Å². The van der Waals surface area contributed by atoms with Crippen LogP contribution in [-0.4, -0.2) is 48.7 Å². The fourth-order valence-corrected chi connectivity index (χ4v) is 5.32. The molecule has 0 aliphatic carbocycles. The van der Waals surface area contributed by atoms with E-state index in [2.05, 4.69) is 11.9 Å². The molecule has 31 heavy (non-hydrogen) atoms. The summed E-state index contributed by atoms with van der Waals surface area (Å²) in [6.45, 7) is 0. The van der Waals surface area contributed by atoms with Gasteiger partial charge in [-0.1, -0.05) is 36.4 Å². The molecule has 0 saturated carbocycles. The molecule has 2 atom stereocenters. The Morgan fingerprint density at radius 2 is 1.48 bits per heavy atom. The molecule has 3 aliphatic heterocycles. The number of carbonyl (C=O) groups is 2. The smallest absolute Gasteiger partial charge is 0.350 e. The van der Waals surface area contributed by atoms with Gasteiger partial charge < -0.3 is 19.1 Å². The Hall–Kier alpha value is -2.57. The monoisotopic (exact) mass is 443 g/mol. The van der Waals surface area contributed by atoms with Crippen molar-refractivity contribution in [1.29, 1.82) is 0 Å². The van der Waals surface area contributed by atoms with E-state index in [1.165, 1.54) is 7.11 Å². The zero-order valence-corrected chi connectivity index (χ0v) is 18.4. The van der Waals surface area contributed by atoms with E-state index in [0.29, 0.717) is 24.3 Å². The number of methoxy groups -OCH3 is 1. The maximum Gasteiger partial charge on any atom is 0.350 e. The first-order valence-corrected chi connectivity index (χ1v) is 10.4. The maximum absolute atomic E-state index is 13.6. The van der Waals surface area contributed by atoms with Crippen LogP contribution < -0.4 is 4.74 Å². The summed E-state index contributed by atoms with van der Waals surface area (Å²) in [5.74, 6) is -0.283. The second kappa shape index (κ2) is 8.17. The molecule has 2 bridgehead atoms. The van der Waals surface area contributed by atoms with E-state index in [1.807, 2.05) is 48.5 Å². The van der Waals surface area contributed by atoms with Gasteiger partial charge in [-0.05, 0) is 32.0 Å². The zero-order chi connectivity index (χ0) is 20.9. The Morgan fingerprint density at radius 3 is 2.00 bits per heavy atom. The normalized spacial score (nSPS) is 26.6. The third-order valence-electron chi connectivity index (χ3n) is 6.88. The van der Waals surface area contributed by atoms with Gasteiger partial charge in [0, 0.05) is 36.1 Å². The van der Waals surface area contributed by atoms with Crippen molar-refractivity contribution in [3.63, 3.8) is 0 Å². The SMILES string of the molecule is COC(=O)C1(OC(=O)C2c3ccccc3Oc3ccccc32)CC2CCC(C1)N2C.Cl. The first-order valence-electron chi connectivity index (χ1n) is 10.4. The largest absolute Gasteiger partial charge is 0.466 e. The minimum absolute atomic E-state index is 0. The molecule has 2 saturated heterocycles. The number of halogens is 1. The number of hydrogen-bond acceptors (Lipinski definition) is 6. The van der Waals surface area contributed by atoms with Gasteiger partial charge in [0.25, 0.3) is 0 Å². The predicted octanol–water partition coefficient (Wildman–Crippen LogP) is 4.06. The summed E-state index contributed by atoms with van der Waals surface area (Å²) in [7, 11) is 3.44. The van der Waals surface area contributed by atoms with Gasteiger partial charge in [0.1, 0.15) is 17.4 Å². The molecule has 0 amide bonds. The number of esters is 2. The topological polar surface area (TPSA) is 65.1 Å². The van der Waals surface area contributed by atoms with Gasteiger partial charge in [-0.25, -0.2) is 4.79 Å². The lowest BCUT2D eigenvalue weighted by Crippen LogP contribution is -2.56. The molecule has 2 fully saturated rings. The number of fused-ring (bicyclic) bond motifs is 4. The first kappa shape index (κ1) is 21.7. The molecule has 0 spiro atoms. The summed E-state index contributed by atoms with van der Waals surface area (Å²) in [4.78, 5) is 28.8. The van der Waals surface area contributed by atoms with Crippen molar-refractivity contribution in [3.8, 4) is 11.5 Å². The Labute approximate surface area is 187 Å². The van der Waals surface area contributed by atoms with E-state index >= 15 is 0 Å². The van der Waals surface area contributed by atoms with E-state index < -0.39 is 23.5 Å². The van der Waals surface area contributed by atoms with Crippen LogP contribution in [0.4, 0.5) is 0 Å². The molecule has 7 heteroatoms. The summed E-state index contributed by atoms with van der Waals surface area (Å²) >= 11 is 0. The van der Waals surface area contributed by atoms with Gasteiger partial charge >= 0.3 is 11.9 Å². The van der Waals surface area contributed by atoms with Crippen LogP contribution in [0.3, 0.4) is 0 Å². The minimum atomic E-state index is -1.24. The van der Waals surface area contributed by atoms with E-state index in [-0.39, 0.29) is 24.5 Å². The molecule has 5 rings (SSSR count). The lowest BCUT2D eigenvalue weighted by molar-refractivity contribution is -0.190. The van der Waals surface area contributed by atoms with Crippen molar-refractivity contribution >= 4 is 24.3 Å². The van der Waals surface area contributed by atoms with Crippen LogP contribution in [0.25, 0.3) is 0 Å². The molecular formula is C24H26ClNO5. The highest BCUT2D eigenvalue weighted by atomic mass is 35.5. The highest BCUT2D eigenvalue weighted by molar-refractivity contribution is 5.89. The number of piperidine rings is 1. The first-order chi connectivity index (χ1) is 14.5. The average molecular weight is 444 g/mol. The molecule has 3 heterocycles. The van der Waals surface area contributed by atoms with Crippen LogP contribution in [0.15, 0.2) is 48.5 Å². The minimum Gasteiger partial charge on any atom is -0.466 e. The standard InChI is InChI=1S/C24H25NO5.ClH/c1-25-15-11-12-16(25)14-24(13-15,23(27)28-2)30-22(26)21-17-7-3-5-9-19(17)29-20-10-6-4-8-18(20)21;/h3-10,15-16,21H,11-14H2,1-2H3;1H. The van der Waals surface area contributed by atoms with Gasteiger partial charge in [0.15, 0.2) is 0 Å². The van der Waals surface area contributed by atoms with Crippen molar-refractivity contribution in [2.45, 2.75) is 49.3 Å². The number of hydrogen-bond donors (Lipinski definition) is 0. The maximum atomic E-state index is 13.6. The second-order valence-electron chi connectivity index (χ2n) is 8.48. The summed E-state index contributed by atoms with van der Waals surface area (Å²) in [6, 6.07) is 15.4. The highest BCUT2D eigenvalue weighted by Crippen LogP contribution is 2.47. The molecule has 0 aromatic heterocycles. The van der Waals surface area contributed by atoms with E-state index in [0.717, 1.165) is 24.0 Å². The van der Waals surface area contributed by atoms with E-state index in [9.17, 15) is 9.59 Å². The van der Waals surface area contributed by atoms with Gasteiger partial charge in [-0.3, -0.25) is 4.79 Å². The summed E-state index contributed by atoms with van der Waals surface area (Å²) < 4.78 is 17.2. The Balaban J connectivity index is 0.00000231. The average Bonchev–Trinajstić information content (AvgIpc) is 2.98. The lowest BCUT2D eigenvalue weighted by atomic mass is 9.84. The molecule has 3 aliphatic rings. The Morgan fingerprint density at radius 1 is 0.968 bits per heavy atom. The summed E-state index contributed by atoms with van der Waals surface area (Å²) in [6.07, 6.45) is 2.93. The zero-order valence-electron chi connectivity index (χ0n) is 17.6. The third-order valence-corrected chi connectivity index (χ3v) is 6.88. The number of nitrogens with zero attached hydrogens (tertiary/aromatic N) is 1. The fourth-order valence-electron chi connectivity index (χ4n) is 5.32. The number of rotatable bonds is 3. The Bertz CT molecular complexity index is 949. The number of para-hydroxylation sites is 2. The fraction of sp³-hybridized carbons (Fsp3) is 0.417. The predicted molar refractivity (Wildman–Crippen MR) is 117 cm³/mol.